The molecule has 0 aliphatic rings. The summed E-state index contributed by atoms with van der Waals surface area (Å²) in [5.74, 6) is -1.32. The van der Waals surface area contributed by atoms with E-state index < -0.39 is 11.7 Å². The average molecular weight is 297 g/mol. The first kappa shape index (κ1) is 13.2. The molecule has 0 unspecified atom stereocenters. The topological polar surface area (TPSA) is 65.8 Å². The minimum absolute atomic E-state index is 0.117. The van der Waals surface area contributed by atoms with Gasteiger partial charge in [0.2, 0.25) is 0 Å². The van der Waals surface area contributed by atoms with Gasteiger partial charge in [-0.1, -0.05) is 23.5 Å². The third-order valence-electron chi connectivity index (χ3n) is 2.86. The molecule has 0 atom stereocenters. The summed E-state index contributed by atoms with van der Waals surface area (Å²) in [5, 5.41) is 11.7. The SMILES string of the molecule is N#Cc1ccc(C(=O)Nc2nc3ccccc3s2)c(F)c1. The number of carbonyl (C=O) groups is 1. The van der Waals surface area contributed by atoms with Crippen molar-refractivity contribution in [3.05, 3.63) is 59.4 Å². The van der Waals surface area contributed by atoms with Gasteiger partial charge >= 0.3 is 0 Å². The van der Waals surface area contributed by atoms with Crippen LogP contribution in [0.3, 0.4) is 0 Å². The van der Waals surface area contributed by atoms with E-state index in [0.717, 1.165) is 16.3 Å². The molecule has 3 rings (SSSR count). The summed E-state index contributed by atoms with van der Waals surface area (Å²) >= 11 is 1.32. The molecule has 1 heterocycles. The van der Waals surface area contributed by atoms with Gasteiger partial charge in [0.1, 0.15) is 5.82 Å². The van der Waals surface area contributed by atoms with Gasteiger partial charge in [-0.25, -0.2) is 9.37 Å². The van der Waals surface area contributed by atoms with Crippen molar-refractivity contribution < 1.29 is 9.18 Å². The molecule has 102 valence electrons. The molecule has 21 heavy (non-hydrogen) atoms. The van der Waals surface area contributed by atoms with E-state index in [-0.39, 0.29) is 11.1 Å². The lowest BCUT2D eigenvalue weighted by Crippen LogP contribution is -2.13. The average Bonchev–Trinajstić information content (AvgIpc) is 2.88. The first-order valence-corrected chi connectivity index (χ1v) is 6.85. The van der Waals surface area contributed by atoms with E-state index in [4.69, 9.17) is 5.26 Å². The summed E-state index contributed by atoms with van der Waals surface area (Å²) < 4.78 is 14.7. The Hall–Kier alpha value is -2.78. The first-order valence-electron chi connectivity index (χ1n) is 6.04. The van der Waals surface area contributed by atoms with Crippen molar-refractivity contribution in [3.8, 4) is 6.07 Å². The minimum Gasteiger partial charge on any atom is -0.298 e. The lowest BCUT2D eigenvalue weighted by atomic mass is 10.1. The summed E-state index contributed by atoms with van der Waals surface area (Å²) in [4.78, 5) is 16.3. The van der Waals surface area contributed by atoms with Crippen LogP contribution in [-0.4, -0.2) is 10.9 Å². The number of nitrogens with one attached hydrogen (secondary N) is 1. The third kappa shape index (κ3) is 2.59. The summed E-state index contributed by atoms with van der Waals surface area (Å²) in [7, 11) is 0. The van der Waals surface area contributed by atoms with Crippen LogP contribution in [0.5, 0.6) is 0 Å². The Morgan fingerprint density at radius 1 is 1.29 bits per heavy atom. The van der Waals surface area contributed by atoms with Crippen LogP contribution >= 0.6 is 11.3 Å². The Balaban J connectivity index is 1.87. The van der Waals surface area contributed by atoms with Crippen molar-refractivity contribution in [1.29, 1.82) is 5.26 Å². The zero-order chi connectivity index (χ0) is 14.8. The normalized spacial score (nSPS) is 10.3. The molecule has 3 aromatic rings. The van der Waals surface area contributed by atoms with Crippen LogP contribution in [0.1, 0.15) is 15.9 Å². The van der Waals surface area contributed by atoms with Crippen molar-refractivity contribution in [2.75, 3.05) is 5.32 Å². The Morgan fingerprint density at radius 2 is 2.10 bits per heavy atom. The molecule has 1 aromatic heterocycles. The number of benzene rings is 2. The van der Waals surface area contributed by atoms with Crippen LogP contribution in [0.15, 0.2) is 42.5 Å². The summed E-state index contributed by atoms with van der Waals surface area (Å²) in [6.45, 7) is 0. The van der Waals surface area contributed by atoms with Gasteiger partial charge < -0.3 is 0 Å². The van der Waals surface area contributed by atoms with Gasteiger partial charge in [-0.15, -0.1) is 0 Å². The van der Waals surface area contributed by atoms with E-state index in [1.165, 1.54) is 23.5 Å². The molecule has 2 aromatic carbocycles. The lowest BCUT2D eigenvalue weighted by molar-refractivity contribution is 0.102. The number of thiazole rings is 1. The van der Waals surface area contributed by atoms with E-state index in [2.05, 4.69) is 10.3 Å². The maximum Gasteiger partial charge on any atom is 0.260 e. The van der Waals surface area contributed by atoms with Gasteiger partial charge in [0.25, 0.3) is 5.91 Å². The fraction of sp³-hybridized carbons (Fsp3) is 0. The van der Waals surface area contributed by atoms with Crippen molar-refractivity contribution in [2.45, 2.75) is 0 Å². The molecule has 0 radical (unpaired) electrons. The zero-order valence-corrected chi connectivity index (χ0v) is 11.4. The van der Waals surface area contributed by atoms with Crippen LogP contribution in [0.2, 0.25) is 0 Å². The second-order valence-corrected chi connectivity index (χ2v) is 5.28. The number of nitriles is 1. The second kappa shape index (κ2) is 5.31. The van der Waals surface area contributed by atoms with Crippen molar-refractivity contribution >= 4 is 32.6 Å². The molecular weight excluding hydrogens is 289 g/mol. The van der Waals surface area contributed by atoms with E-state index in [1.54, 1.807) is 0 Å². The van der Waals surface area contributed by atoms with Crippen molar-refractivity contribution in [3.63, 3.8) is 0 Å². The molecule has 0 fully saturated rings. The Bertz CT molecular complexity index is 849. The maximum atomic E-state index is 13.8. The number of aromatic nitrogens is 1. The number of rotatable bonds is 2. The lowest BCUT2D eigenvalue weighted by Gasteiger charge is -2.03. The zero-order valence-electron chi connectivity index (χ0n) is 10.6. The third-order valence-corrected chi connectivity index (χ3v) is 3.81. The molecule has 0 saturated heterocycles. The molecule has 0 aliphatic heterocycles. The fourth-order valence-electron chi connectivity index (χ4n) is 1.86. The molecule has 0 aliphatic carbocycles. The summed E-state index contributed by atoms with van der Waals surface area (Å²) in [5.41, 5.74) is 0.829. The van der Waals surface area contributed by atoms with Gasteiger partial charge in [-0.2, -0.15) is 5.26 Å². The van der Waals surface area contributed by atoms with E-state index >= 15 is 0 Å². The fourth-order valence-corrected chi connectivity index (χ4v) is 2.72. The predicted molar refractivity (Wildman–Crippen MR) is 78.7 cm³/mol. The molecule has 0 saturated carbocycles. The quantitative estimate of drug-likeness (QED) is 0.786. The van der Waals surface area contributed by atoms with Crippen LogP contribution < -0.4 is 5.32 Å². The number of carbonyl (C=O) groups excluding carboxylic acids is 1. The van der Waals surface area contributed by atoms with E-state index in [1.807, 2.05) is 30.3 Å². The van der Waals surface area contributed by atoms with Crippen LogP contribution in [-0.2, 0) is 0 Å². The first-order chi connectivity index (χ1) is 10.2. The van der Waals surface area contributed by atoms with E-state index in [9.17, 15) is 9.18 Å². The van der Waals surface area contributed by atoms with Gasteiger partial charge in [-0.3, -0.25) is 10.1 Å². The second-order valence-electron chi connectivity index (χ2n) is 4.25. The number of halogens is 1. The van der Waals surface area contributed by atoms with Crippen LogP contribution in [0.4, 0.5) is 9.52 Å². The van der Waals surface area contributed by atoms with Crippen LogP contribution in [0.25, 0.3) is 10.2 Å². The Labute approximate surface area is 123 Å². The highest BCUT2D eigenvalue weighted by molar-refractivity contribution is 7.22. The number of hydrogen-bond acceptors (Lipinski definition) is 4. The summed E-state index contributed by atoms with van der Waals surface area (Å²) in [6, 6.07) is 13.0. The highest BCUT2D eigenvalue weighted by Gasteiger charge is 2.14. The molecule has 1 amide bonds. The highest BCUT2D eigenvalue weighted by atomic mass is 32.1. The van der Waals surface area contributed by atoms with Crippen molar-refractivity contribution in [2.24, 2.45) is 0 Å². The number of para-hydroxylation sites is 1. The number of hydrogen-bond donors (Lipinski definition) is 1. The van der Waals surface area contributed by atoms with Gasteiger partial charge in [0, 0.05) is 0 Å². The number of amides is 1. The molecule has 1 N–H and O–H groups in total. The smallest absolute Gasteiger partial charge is 0.260 e. The standard InChI is InChI=1S/C15H8FN3OS/c16-11-7-9(8-17)5-6-10(11)14(20)19-15-18-12-3-1-2-4-13(12)21-15/h1-7H,(H,18,19,20). The van der Waals surface area contributed by atoms with Crippen molar-refractivity contribution in [1.82, 2.24) is 4.98 Å². The largest absolute Gasteiger partial charge is 0.298 e. The monoisotopic (exact) mass is 297 g/mol. The van der Waals surface area contributed by atoms with Crippen LogP contribution in [0, 0.1) is 17.1 Å². The van der Waals surface area contributed by atoms with E-state index in [0.29, 0.717) is 5.13 Å². The molecule has 4 nitrogen and oxygen atoms in total. The minimum atomic E-state index is -0.729. The van der Waals surface area contributed by atoms with Gasteiger partial charge in [0.05, 0.1) is 27.4 Å². The molecular formula is C15H8FN3OS. The molecule has 6 heteroatoms. The van der Waals surface area contributed by atoms with Gasteiger partial charge in [0.15, 0.2) is 5.13 Å². The highest BCUT2D eigenvalue weighted by Crippen LogP contribution is 2.26. The maximum absolute atomic E-state index is 13.8. The Morgan fingerprint density at radius 3 is 2.81 bits per heavy atom. The number of nitrogens with zero attached hydrogens (tertiary/aromatic N) is 2. The van der Waals surface area contributed by atoms with Gasteiger partial charge in [-0.05, 0) is 30.3 Å². The predicted octanol–water partition coefficient (Wildman–Crippen LogP) is 3.56. The summed E-state index contributed by atoms with van der Waals surface area (Å²) in [6.07, 6.45) is 0. The number of fused-ring (bicyclic) bond motifs is 1. The molecule has 0 spiro atoms. The Kier molecular flexibility index (Phi) is 3.34. The number of anilines is 1. The molecule has 0 bridgehead atoms.